The van der Waals surface area contributed by atoms with E-state index in [0.29, 0.717) is 13.2 Å². The van der Waals surface area contributed by atoms with E-state index < -0.39 is 0 Å². The van der Waals surface area contributed by atoms with Gasteiger partial charge in [-0.2, -0.15) is 0 Å². The number of aryl methyl sites for hydroxylation is 1. The van der Waals surface area contributed by atoms with Gasteiger partial charge in [-0.05, 0) is 42.8 Å². The Balaban J connectivity index is 1.76. The lowest BCUT2D eigenvalue weighted by molar-refractivity contribution is 0.217. The zero-order chi connectivity index (χ0) is 14.4. The summed E-state index contributed by atoms with van der Waals surface area (Å²) in [6.07, 6.45) is 0. The summed E-state index contributed by atoms with van der Waals surface area (Å²) in [4.78, 5) is 0. The molecule has 2 N–H and O–H groups in total. The van der Waals surface area contributed by atoms with Crippen molar-refractivity contribution in [2.45, 2.75) is 6.92 Å². The van der Waals surface area contributed by atoms with Crippen LogP contribution in [0, 0.1) is 6.92 Å². The second-order valence-corrected chi connectivity index (χ2v) is 4.39. The Morgan fingerprint density at radius 2 is 1.40 bits per heavy atom. The van der Waals surface area contributed by atoms with Gasteiger partial charge in [0.15, 0.2) is 0 Å². The van der Waals surface area contributed by atoms with Crippen molar-refractivity contribution in [2.24, 2.45) is 0 Å². The minimum absolute atomic E-state index is 0.467. The van der Waals surface area contributed by atoms with Gasteiger partial charge in [-0.15, -0.1) is 0 Å². The average Bonchev–Trinajstić information content (AvgIpc) is 2.48. The molecule has 0 aliphatic rings. The topological polar surface area (TPSA) is 53.7 Å². The summed E-state index contributed by atoms with van der Waals surface area (Å²) in [6, 6.07) is 13.1. The minimum atomic E-state index is 0.467. The number of nitrogen functional groups attached to an aromatic ring is 1. The Kier molecular flexibility index (Phi) is 4.71. The molecule has 0 unspecified atom stereocenters. The zero-order valence-corrected chi connectivity index (χ0v) is 11.8. The van der Waals surface area contributed by atoms with Crippen LogP contribution in [-0.2, 0) is 0 Å². The van der Waals surface area contributed by atoms with Gasteiger partial charge in [0.1, 0.15) is 30.5 Å². The summed E-state index contributed by atoms with van der Waals surface area (Å²) in [7, 11) is 1.64. The van der Waals surface area contributed by atoms with E-state index in [1.807, 2.05) is 49.4 Å². The Bertz CT molecular complexity index is 552. The summed E-state index contributed by atoms with van der Waals surface area (Å²) in [5, 5.41) is 0. The Morgan fingerprint density at radius 3 is 2.00 bits per heavy atom. The lowest BCUT2D eigenvalue weighted by Crippen LogP contribution is -2.09. The number of benzene rings is 2. The van der Waals surface area contributed by atoms with Crippen LogP contribution in [0.3, 0.4) is 0 Å². The molecule has 0 aliphatic carbocycles. The number of ether oxygens (including phenoxy) is 3. The molecule has 20 heavy (non-hydrogen) atoms. The van der Waals surface area contributed by atoms with Crippen LogP contribution in [0.15, 0.2) is 42.5 Å². The Morgan fingerprint density at radius 1 is 0.850 bits per heavy atom. The van der Waals surface area contributed by atoms with E-state index in [4.69, 9.17) is 19.9 Å². The van der Waals surface area contributed by atoms with Crippen LogP contribution in [0.4, 0.5) is 5.69 Å². The zero-order valence-electron chi connectivity index (χ0n) is 11.8. The van der Waals surface area contributed by atoms with Crippen LogP contribution in [0.2, 0.25) is 0 Å². The van der Waals surface area contributed by atoms with Crippen LogP contribution in [0.25, 0.3) is 0 Å². The molecule has 4 nitrogen and oxygen atoms in total. The third-order valence-corrected chi connectivity index (χ3v) is 2.93. The van der Waals surface area contributed by atoms with E-state index in [1.165, 1.54) is 0 Å². The molecule has 0 saturated carbocycles. The molecule has 106 valence electrons. The minimum Gasteiger partial charge on any atom is -0.497 e. The predicted octanol–water partition coefficient (Wildman–Crippen LogP) is 3.04. The third-order valence-electron chi connectivity index (χ3n) is 2.93. The van der Waals surface area contributed by atoms with Gasteiger partial charge in [-0.25, -0.2) is 0 Å². The molecule has 0 saturated heterocycles. The van der Waals surface area contributed by atoms with Gasteiger partial charge < -0.3 is 19.9 Å². The van der Waals surface area contributed by atoms with Crippen molar-refractivity contribution in [3.05, 3.63) is 48.0 Å². The normalized spacial score (nSPS) is 10.1. The summed E-state index contributed by atoms with van der Waals surface area (Å²) in [5.41, 5.74) is 7.60. The average molecular weight is 273 g/mol. The number of rotatable bonds is 6. The van der Waals surface area contributed by atoms with Crippen LogP contribution in [0.5, 0.6) is 17.2 Å². The molecule has 0 fully saturated rings. The number of hydrogen-bond acceptors (Lipinski definition) is 4. The number of nitrogens with two attached hydrogens (primary N) is 1. The molecule has 2 rings (SSSR count). The molecule has 0 amide bonds. The molecule has 4 heteroatoms. The van der Waals surface area contributed by atoms with Crippen LogP contribution >= 0.6 is 0 Å². The summed E-state index contributed by atoms with van der Waals surface area (Å²) >= 11 is 0. The highest BCUT2D eigenvalue weighted by molar-refractivity contribution is 5.50. The van der Waals surface area contributed by atoms with E-state index in [1.54, 1.807) is 7.11 Å². The summed E-state index contributed by atoms with van der Waals surface area (Å²) in [6.45, 7) is 2.90. The first-order valence-corrected chi connectivity index (χ1v) is 6.45. The fourth-order valence-corrected chi connectivity index (χ4v) is 1.70. The molecule has 2 aromatic rings. The number of hydrogen-bond donors (Lipinski definition) is 1. The predicted molar refractivity (Wildman–Crippen MR) is 79.6 cm³/mol. The van der Waals surface area contributed by atoms with Gasteiger partial charge in [0.05, 0.1) is 7.11 Å². The standard InChI is InChI=1S/C16H19NO3/c1-12-3-4-15(11-16(12)17)20-10-9-19-14-7-5-13(18-2)6-8-14/h3-8,11H,9-10,17H2,1-2H3. The van der Waals surface area contributed by atoms with E-state index in [9.17, 15) is 0 Å². The second-order valence-electron chi connectivity index (χ2n) is 4.39. The van der Waals surface area contributed by atoms with Crippen LogP contribution < -0.4 is 19.9 Å². The molecular formula is C16H19NO3. The number of anilines is 1. The molecule has 0 spiro atoms. The quantitative estimate of drug-likeness (QED) is 0.649. The van der Waals surface area contributed by atoms with Crippen molar-refractivity contribution in [3.8, 4) is 17.2 Å². The first-order valence-electron chi connectivity index (χ1n) is 6.45. The fraction of sp³-hybridized carbons (Fsp3) is 0.250. The molecule has 0 atom stereocenters. The molecule has 0 aliphatic heterocycles. The highest BCUT2D eigenvalue weighted by atomic mass is 16.5. The van der Waals surface area contributed by atoms with E-state index >= 15 is 0 Å². The van der Waals surface area contributed by atoms with E-state index in [0.717, 1.165) is 28.5 Å². The molecule has 0 radical (unpaired) electrons. The maximum Gasteiger partial charge on any atom is 0.122 e. The second kappa shape index (κ2) is 6.70. The molecule has 0 heterocycles. The van der Waals surface area contributed by atoms with Crippen LogP contribution in [-0.4, -0.2) is 20.3 Å². The largest absolute Gasteiger partial charge is 0.497 e. The van der Waals surface area contributed by atoms with Gasteiger partial charge >= 0.3 is 0 Å². The summed E-state index contributed by atoms with van der Waals surface area (Å²) in [5.74, 6) is 2.35. The van der Waals surface area contributed by atoms with Crippen molar-refractivity contribution in [1.29, 1.82) is 0 Å². The smallest absolute Gasteiger partial charge is 0.122 e. The highest BCUT2D eigenvalue weighted by Gasteiger charge is 1.99. The maximum absolute atomic E-state index is 5.82. The van der Waals surface area contributed by atoms with Gasteiger partial charge in [0.2, 0.25) is 0 Å². The number of methoxy groups -OCH3 is 1. The van der Waals surface area contributed by atoms with Gasteiger partial charge in [-0.3, -0.25) is 0 Å². The maximum atomic E-state index is 5.82. The van der Waals surface area contributed by atoms with Crippen molar-refractivity contribution in [2.75, 3.05) is 26.1 Å². The third kappa shape index (κ3) is 3.82. The van der Waals surface area contributed by atoms with Crippen LogP contribution in [0.1, 0.15) is 5.56 Å². The Hall–Kier alpha value is -2.36. The van der Waals surface area contributed by atoms with E-state index in [-0.39, 0.29) is 0 Å². The summed E-state index contributed by atoms with van der Waals surface area (Å²) < 4.78 is 16.2. The fourth-order valence-electron chi connectivity index (χ4n) is 1.70. The van der Waals surface area contributed by atoms with Crippen molar-refractivity contribution in [1.82, 2.24) is 0 Å². The highest BCUT2D eigenvalue weighted by Crippen LogP contribution is 2.19. The van der Waals surface area contributed by atoms with Gasteiger partial charge in [-0.1, -0.05) is 6.07 Å². The Labute approximate surface area is 119 Å². The molecular weight excluding hydrogens is 254 g/mol. The molecule has 0 aromatic heterocycles. The van der Waals surface area contributed by atoms with Gasteiger partial charge in [0, 0.05) is 11.8 Å². The molecule has 0 bridgehead atoms. The first kappa shape index (κ1) is 14.1. The lowest BCUT2D eigenvalue weighted by atomic mass is 10.2. The monoisotopic (exact) mass is 273 g/mol. The van der Waals surface area contributed by atoms with Crippen molar-refractivity contribution < 1.29 is 14.2 Å². The lowest BCUT2D eigenvalue weighted by Gasteiger charge is -2.10. The van der Waals surface area contributed by atoms with Gasteiger partial charge in [0.25, 0.3) is 0 Å². The van der Waals surface area contributed by atoms with Crippen molar-refractivity contribution in [3.63, 3.8) is 0 Å². The first-order chi connectivity index (χ1) is 9.69. The van der Waals surface area contributed by atoms with Crippen molar-refractivity contribution >= 4 is 5.69 Å². The van der Waals surface area contributed by atoms with E-state index in [2.05, 4.69) is 0 Å². The SMILES string of the molecule is COc1ccc(OCCOc2ccc(C)c(N)c2)cc1. The molecule has 2 aromatic carbocycles.